The molecule has 300 valence electrons. The first-order chi connectivity index (χ1) is 27.2. The number of cyclic esters (lactones) is 1. The minimum atomic E-state index is -4.24. The van der Waals surface area contributed by atoms with Crippen LogP contribution < -0.4 is 9.34 Å². The van der Waals surface area contributed by atoms with Crippen LogP contribution in [-0.2, 0) is 43.2 Å². The summed E-state index contributed by atoms with van der Waals surface area (Å²) in [5, 5.41) is 1.44. The number of nitrogens with zero attached hydrogens (tertiary/aromatic N) is 1. The number of ketones is 1. The smallest absolute Gasteiger partial charge is 0.404 e. The molecule has 57 heavy (non-hydrogen) atoms. The molecule has 0 amide bonds. The number of benzene rings is 2. The number of nitrogens with one attached hydrogen (secondary N) is 1. The van der Waals surface area contributed by atoms with Crippen LogP contribution in [0.1, 0.15) is 73.1 Å². The largest absolute Gasteiger partial charge is 0.465 e. The number of H-pyrrole nitrogens is 1. The molecule has 5 fully saturated rings. The summed E-state index contributed by atoms with van der Waals surface area (Å²) in [6.45, 7) is 7.97. The number of hydrogen-bond acceptors (Lipinski definition) is 14. The molecule has 2 saturated heterocycles. The van der Waals surface area contributed by atoms with E-state index in [1.165, 1.54) is 48.5 Å². The summed E-state index contributed by atoms with van der Waals surface area (Å²) in [5.41, 5.74) is -2.88. The van der Waals surface area contributed by atoms with Gasteiger partial charge in [-0.05, 0) is 102 Å². The number of unbranched alkanes of at least 4 members (excludes halogenated alkanes) is 1. The van der Waals surface area contributed by atoms with Gasteiger partial charge >= 0.3 is 34.8 Å². The molecule has 3 heterocycles. The highest BCUT2D eigenvalue weighted by Gasteiger charge is 2.81. The predicted octanol–water partition coefficient (Wildman–Crippen LogP) is 3.95. The maximum absolute atomic E-state index is 14.2. The lowest BCUT2D eigenvalue weighted by Crippen LogP contribution is -2.71. The number of aromatic amines is 1. The molecule has 1 aromatic heterocycles. The molecule has 7 atom stereocenters. The third-order valence-electron chi connectivity index (χ3n) is 12.6. The highest BCUT2D eigenvalue weighted by molar-refractivity contribution is 7.91. The van der Waals surface area contributed by atoms with E-state index in [4.69, 9.17) is 23.7 Å². The lowest BCUT2D eigenvalue weighted by Gasteiger charge is -2.61. The van der Waals surface area contributed by atoms with Crippen LogP contribution in [0.3, 0.4) is 0 Å². The highest BCUT2D eigenvalue weighted by atomic mass is 32.2. The normalized spacial score (nSPS) is 29.7. The van der Waals surface area contributed by atoms with Gasteiger partial charge in [0.15, 0.2) is 11.2 Å². The molecule has 0 unspecified atom stereocenters. The van der Waals surface area contributed by atoms with E-state index in [-0.39, 0.29) is 57.9 Å². The second-order valence-corrected chi connectivity index (χ2v) is 17.9. The average molecular weight is 806 g/mol. The predicted molar refractivity (Wildman–Crippen MR) is 192 cm³/mol. The van der Waals surface area contributed by atoms with E-state index in [1.807, 2.05) is 13.8 Å². The Bertz CT molecular complexity index is 2350. The number of esters is 4. The van der Waals surface area contributed by atoms with Crippen molar-refractivity contribution in [2.75, 3.05) is 19.8 Å². The zero-order chi connectivity index (χ0) is 40.5. The fraction of sp³-hybridized carbons (Fsp3) is 0.475. The summed E-state index contributed by atoms with van der Waals surface area (Å²) < 4.78 is 59.0. The van der Waals surface area contributed by atoms with E-state index in [2.05, 4.69) is 16.4 Å². The van der Waals surface area contributed by atoms with Crippen molar-refractivity contribution in [2.45, 2.75) is 74.5 Å². The number of Topliss-reactive ketones (excluding diaryl/α,β-unsaturated/α-hetero) is 1. The Labute approximate surface area is 326 Å². The number of ether oxygens (including phenoxy) is 5. The topological polar surface area (TPSA) is 218 Å². The van der Waals surface area contributed by atoms with Gasteiger partial charge < -0.3 is 23.7 Å². The molecule has 1 N–H and O–H groups in total. The van der Waals surface area contributed by atoms with E-state index in [0.29, 0.717) is 38.5 Å². The second-order valence-electron chi connectivity index (χ2n) is 16.0. The first-order valence-electron chi connectivity index (χ1n) is 18.8. The summed E-state index contributed by atoms with van der Waals surface area (Å²) in [7, 11) is -4.24. The van der Waals surface area contributed by atoms with E-state index in [1.54, 1.807) is 6.07 Å². The highest BCUT2D eigenvalue weighted by Crippen LogP contribution is 2.71. The lowest BCUT2D eigenvalue weighted by molar-refractivity contribution is -0.744. The lowest BCUT2D eigenvalue weighted by atomic mass is 9.43. The van der Waals surface area contributed by atoms with Gasteiger partial charge in [-0.1, -0.05) is 43.3 Å². The Kier molecular flexibility index (Phi) is 9.28. The second kappa shape index (κ2) is 13.8. The fourth-order valence-electron chi connectivity index (χ4n) is 10.1. The van der Waals surface area contributed by atoms with Gasteiger partial charge in [-0.2, -0.15) is 0 Å². The molecule has 17 heteroatoms. The third-order valence-corrected chi connectivity index (χ3v) is 14.4. The van der Waals surface area contributed by atoms with Crippen molar-refractivity contribution in [3.05, 3.63) is 82.8 Å². The van der Waals surface area contributed by atoms with Crippen LogP contribution in [0.15, 0.2) is 81.3 Å². The number of fused-ring (bicyclic) bond motifs is 1. The van der Waals surface area contributed by atoms with Gasteiger partial charge in [0.2, 0.25) is 4.60 Å². The van der Waals surface area contributed by atoms with Crippen molar-refractivity contribution in [1.29, 1.82) is 0 Å². The van der Waals surface area contributed by atoms with Crippen molar-refractivity contribution in [2.24, 2.45) is 34.0 Å². The van der Waals surface area contributed by atoms with E-state index in [9.17, 15) is 37.3 Å². The van der Waals surface area contributed by atoms with Gasteiger partial charge in [0.05, 0.1) is 40.6 Å². The number of carbonyl (C=O) groups excluding carboxylic acids is 5. The van der Waals surface area contributed by atoms with Crippen LogP contribution in [0.5, 0.6) is 5.88 Å². The van der Waals surface area contributed by atoms with E-state index < -0.39 is 84.8 Å². The minimum absolute atomic E-state index is 0.00969. The van der Waals surface area contributed by atoms with Gasteiger partial charge in [0.1, 0.15) is 18.8 Å². The summed E-state index contributed by atoms with van der Waals surface area (Å²) in [5.74, 6) is -5.39. The molecule has 2 aromatic carbocycles. The Balaban J connectivity index is 0.895. The summed E-state index contributed by atoms with van der Waals surface area (Å²) >= 11 is 0. The van der Waals surface area contributed by atoms with Gasteiger partial charge in [0.25, 0.3) is 9.84 Å². The first kappa shape index (κ1) is 38.3. The molecule has 2 aliphatic heterocycles. The molecular weight excluding hydrogens is 765 g/mol. The standard InChI is InChI=1S/C40H41N2O14S/c1-22-26-15-16-27-39-21-53-36(46)29(39)38(2,3)18-17-28(39)54-37(47)40(27,30(22)43)31(26)55-35(45)24-13-11-23(12-14-24)34(44)52-20-8-7-19-51-32-33(42(48)56-41-32)57(49,50)25-9-5-4-6-10-25/h4-6,9-14,26-29,31,41H,1,7-8,15-21H2,2-3H3/q+1/t26-,27-,28-,29+,31+,39+,40-/m0/s1. The Morgan fingerprint density at radius 2 is 1.63 bits per heavy atom. The Morgan fingerprint density at radius 3 is 2.35 bits per heavy atom. The minimum Gasteiger partial charge on any atom is -0.465 e. The van der Waals surface area contributed by atoms with Crippen LogP contribution in [0, 0.1) is 38.9 Å². The zero-order valence-electron chi connectivity index (χ0n) is 31.2. The number of rotatable bonds is 11. The first-order valence-corrected chi connectivity index (χ1v) is 20.3. The van der Waals surface area contributed by atoms with E-state index in [0.717, 1.165) is 0 Å². The zero-order valence-corrected chi connectivity index (χ0v) is 32.0. The summed E-state index contributed by atoms with van der Waals surface area (Å²) in [6.07, 6.45) is 0.836. The molecule has 0 radical (unpaired) electrons. The van der Waals surface area contributed by atoms with Gasteiger partial charge in [0, 0.05) is 5.92 Å². The summed E-state index contributed by atoms with van der Waals surface area (Å²) in [6, 6.07) is 12.9. The van der Waals surface area contributed by atoms with Gasteiger partial charge in [-0.15, -0.1) is 0 Å². The number of hydrogen-bond donors (Lipinski definition) is 1. The SMILES string of the molecule is C=C1C(=O)[C@@]23C(=O)O[C@H]4CCC(C)(C)[C@H]5C(=O)OC[C@@]45[C@@H]2CC[C@@H]1[C@H]3OC(=O)c1ccc(C(=O)OCCCCOc2[nH]o[n+](=O)c2S(=O)(=O)c2ccccc2)cc1. The number of sulfone groups is 1. The Morgan fingerprint density at radius 1 is 0.947 bits per heavy atom. The molecule has 5 aliphatic rings. The van der Waals surface area contributed by atoms with Crippen molar-refractivity contribution >= 4 is 39.5 Å². The van der Waals surface area contributed by atoms with Gasteiger partial charge in [-0.3, -0.25) is 14.4 Å². The van der Waals surface area contributed by atoms with Crippen molar-refractivity contribution in [3.8, 4) is 5.88 Å². The molecule has 2 spiro atoms. The molecule has 3 aromatic rings. The van der Waals surface area contributed by atoms with E-state index >= 15 is 0 Å². The van der Waals surface area contributed by atoms with Crippen LogP contribution >= 0.6 is 0 Å². The number of aromatic nitrogens is 2. The van der Waals surface area contributed by atoms with Crippen molar-refractivity contribution in [1.82, 2.24) is 5.16 Å². The molecule has 3 aliphatic carbocycles. The quantitative estimate of drug-likeness (QED) is 0.0955. The van der Waals surface area contributed by atoms with Crippen LogP contribution in [0.25, 0.3) is 0 Å². The monoisotopic (exact) mass is 805 g/mol. The third kappa shape index (κ3) is 5.75. The molecule has 16 nitrogen and oxygen atoms in total. The van der Waals surface area contributed by atoms with Crippen LogP contribution in [0.2, 0.25) is 0 Å². The molecule has 2 bridgehead atoms. The molecule has 8 rings (SSSR count). The fourth-order valence-corrected chi connectivity index (χ4v) is 11.4. The van der Waals surface area contributed by atoms with Gasteiger partial charge in [-0.25, -0.2) is 18.0 Å². The Hall–Kier alpha value is -5.58. The number of carbonyl (C=O) groups is 5. The molecular formula is C40H41N2O14S+. The maximum atomic E-state index is 14.2. The van der Waals surface area contributed by atoms with Crippen molar-refractivity contribution in [3.63, 3.8) is 0 Å². The van der Waals surface area contributed by atoms with Crippen LogP contribution in [-0.4, -0.2) is 75.3 Å². The average Bonchev–Trinajstić information content (AvgIpc) is 3.79. The molecule has 3 saturated carbocycles. The maximum Gasteiger partial charge on any atom is 0.404 e. The summed E-state index contributed by atoms with van der Waals surface area (Å²) in [4.78, 5) is 80.1. The van der Waals surface area contributed by atoms with Crippen LogP contribution in [0.4, 0.5) is 0 Å². The van der Waals surface area contributed by atoms with Crippen molar-refractivity contribution < 1.29 is 65.3 Å².